The third-order valence-corrected chi connectivity index (χ3v) is 4.28. The van der Waals surface area contributed by atoms with Crippen LogP contribution in [0.15, 0.2) is 24.3 Å². The molecule has 0 aliphatic heterocycles. The molecular formula is C17H18F2N8. The maximum atomic E-state index is 13.9. The highest BCUT2D eigenvalue weighted by Gasteiger charge is 2.25. The number of rotatable bonds is 6. The van der Waals surface area contributed by atoms with Crippen molar-refractivity contribution in [2.45, 2.75) is 31.7 Å². The molecule has 0 unspecified atom stereocenters. The largest absolute Gasteiger partial charge is 0.368 e. The fourth-order valence-corrected chi connectivity index (χ4v) is 2.76. The van der Waals surface area contributed by atoms with E-state index in [4.69, 9.17) is 5.73 Å². The van der Waals surface area contributed by atoms with E-state index in [2.05, 4.69) is 35.8 Å². The highest BCUT2D eigenvalue weighted by molar-refractivity contribution is 5.52. The Morgan fingerprint density at radius 3 is 2.67 bits per heavy atom. The number of aromatic amines is 1. The predicted octanol–water partition coefficient (Wildman–Crippen LogP) is 3.25. The van der Waals surface area contributed by atoms with Crippen LogP contribution >= 0.6 is 0 Å². The minimum Gasteiger partial charge on any atom is -0.368 e. The predicted molar refractivity (Wildman–Crippen MR) is 96.5 cm³/mol. The molecule has 4 rings (SSSR count). The van der Waals surface area contributed by atoms with Crippen molar-refractivity contribution < 1.29 is 8.78 Å². The molecular weight excluding hydrogens is 354 g/mol. The van der Waals surface area contributed by atoms with Gasteiger partial charge in [0.1, 0.15) is 11.6 Å². The molecule has 0 saturated heterocycles. The van der Waals surface area contributed by atoms with Crippen molar-refractivity contribution >= 4 is 23.7 Å². The van der Waals surface area contributed by atoms with Crippen molar-refractivity contribution in [3.05, 3.63) is 47.2 Å². The van der Waals surface area contributed by atoms with Gasteiger partial charge in [-0.3, -0.25) is 5.10 Å². The Kier molecular flexibility index (Phi) is 4.30. The van der Waals surface area contributed by atoms with E-state index in [1.54, 1.807) is 6.92 Å². The van der Waals surface area contributed by atoms with E-state index in [0.29, 0.717) is 11.7 Å². The van der Waals surface area contributed by atoms with E-state index in [0.717, 1.165) is 24.6 Å². The Morgan fingerprint density at radius 2 is 1.93 bits per heavy atom. The number of H-pyrrole nitrogens is 1. The summed E-state index contributed by atoms with van der Waals surface area (Å²) in [5.74, 6) is 0.208. The molecule has 27 heavy (non-hydrogen) atoms. The summed E-state index contributed by atoms with van der Waals surface area (Å²) in [6.45, 7) is 1.71. The van der Waals surface area contributed by atoms with Gasteiger partial charge in [0.05, 0.1) is 6.04 Å². The van der Waals surface area contributed by atoms with E-state index >= 15 is 0 Å². The van der Waals surface area contributed by atoms with Gasteiger partial charge in [0, 0.05) is 29.3 Å². The molecule has 0 amide bonds. The number of anilines is 4. The minimum absolute atomic E-state index is 0.000250. The number of nitrogens with one attached hydrogen (secondary N) is 3. The zero-order valence-corrected chi connectivity index (χ0v) is 14.5. The summed E-state index contributed by atoms with van der Waals surface area (Å²) in [5.41, 5.74) is 7.10. The van der Waals surface area contributed by atoms with Crippen LogP contribution in [0.3, 0.4) is 0 Å². The smallest absolute Gasteiger partial charge is 0.235 e. The fourth-order valence-electron chi connectivity index (χ4n) is 2.76. The lowest BCUT2D eigenvalue weighted by molar-refractivity contribution is 0.566. The van der Waals surface area contributed by atoms with Crippen molar-refractivity contribution in [3.8, 4) is 0 Å². The summed E-state index contributed by atoms with van der Waals surface area (Å²) in [7, 11) is 0. The van der Waals surface area contributed by atoms with E-state index < -0.39 is 17.7 Å². The fraction of sp³-hybridized carbons (Fsp3) is 0.294. The normalized spacial score (nSPS) is 14.8. The van der Waals surface area contributed by atoms with Crippen LogP contribution in [0.25, 0.3) is 0 Å². The first-order valence-corrected chi connectivity index (χ1v) is 8.53. The van der Waals surface area contributed by atoms with Gasteiger partial charge in [-0.15, -0.1) is 0 Å². The third kappa shape index (κ3) is 3.94. The SMILES string of the molecule is C[C@H](Nc1nc(N)nc(Nc2cc(C3CC3)[nH]n2)n1)c1ccc(F)cc1F. The second kappa shape index (κ2) is 6.78. The van der Waals surface area contributed by atoms with Crippen LogP contribution in [0.4, 0.5) is 32.4 Å². The molecule has 0 spiro atoms. The van der Waals surface area contributed by atoms with Crippen LogP contribution in [0.5, 0.6) is 0 Å². The van der Waals surface area contributed by atoms with Crippen LogP contribution in [0, 0.1) is 11.6 Å². The number of hydrogen-bond acceptors (Lipinski definition) is 7. The maximum Gasteiger partial charge on any atom is 0.235 e. The van der Waals surface area contributed by atoms with Crippen LogP contribution in [-0.4, -0.2) is 25.1 Å². The first kappa shape index (κ1) is 17.1. The van der Waals surface area contributed by atoms with Crippen LogP contribution in [0.1, 0.15) is 43.0 Å². The van der Waals surface area contributed by atoms with Gasteiger partial charge in [-0.05, 0) is 25.8 Å². The molecule has 0 bridgehead atoms. The lowest BCUT2D eigenvalue weighted by Crippen LogP contribution is -2.14. The van der Waals surface area contributed by atoms with E-state index in [9.17, 15) is 8.78 Å². The van der Waals surface area contributed by atoms with Gasteiger partial charge in [0.2, 0.25) is 17.8 Å². The highest BCUT2D eigenvalue weighted by Crippen LogP contribution is 2.39. The van der Waals surface area contributed by atoms with Crippen molar-refractivity contribution in [2.75, 3.05) is 16.4 Å². The molecule has 2 heterocycles. The number of nitrogens with zero attached hydrogens (tertiary/aromatic N) is 4. The molecule has 1 aliphatic carbocycles. The number of nitrogen functional groups attached to an aromatic ring is 1. The summed E-state index contributed by atoms with van der Waals surface area (Å²) in [4.78, 5) is 12.3. The first-order chi connectivity index (χ1) is 13.0. The number of halogens is 2. The summed E-state index contributed by atoms with van der Waals surface area (Å²) < 4.78 is 27.0. The molecule has 0 radical (unpaired) electrons. The molecule has 10 heteroatoms. The molecule has 1 atom stereocenters. The average molecular weight is 372 g/mol. The second-order valence-corrected chi connectivity index (χ2v) is 6.48. The highest BCUT2D eigenvalue weighted by atomic mass is 19.1. The number of hydrogen-bond donors (Lipinski definition) is 4. The Bertz CT molecular complexity index is 969. The quantitative estimate of drug-likeness (QED) is 0.525. The van der Waals surface area contributed by atoms with E-state index in [1.165, 1.54) is 12.1 Å². The second-order valence-electron chi connectivity index (χ2n) is 6.48. The van der Waals surface area contributed by atoms with Gasteiger partial charge < -0.3 is 16.4 Å². The molecule has 8 nitrogen and oxygen atoms in total. The minimum atomic E-state index is -0.653. The standard InChI is InChI=1S/C17H18F2N8/c1-8(11-5-4-10(18)6-12(11)19)21-16-23-15(20)24-17(25-16)22-14-7-13(26-27-14)9-2-3-9/h4-9H,2-3H2,1H3,(H5,20,21,22,23,24,25,26,27)/t8-/m0/s1. The Morgan fingerprint density at radius 1 is 1.15 bits per heavy atom. The van der Waals surface area contributed by atoms with E-state index in [1.807, 2.05) is 6.07 Å². The van der Waals surface area contributed by atoms with Gasteiger partial charge in [0.25, 0.3) is 0 Å². The zero-order chi connectivity index (χ0) is 19.0. The molecule has 2 aromatic heterocycles. The Hall–Kier alpha value is -3.30. The first-order valence-electron chi connectivity index (χ1n) is 8.53. The summed E-state index contributed by atoms with van der Waals surface area (Å²) in [6, 6.07) is 4.79. The lowest BCUT2D eigenvalue weighted by atomic mass is 10.1. The van der Waals surface area contributed by atoms with Gasteiger partial charge in [0.15, 0.2) is 5.82 Å². The van der Waals surface area contributed by atoms with Crippen LogP contribution < -0.4 is 16.4 Å². The van der Waals surface area contributed by atoms with Gasteiger partial charge in [-0.1, -0.05) is 6.07 Å². The van der Waals surface area contributed by atoms with Crippen molar-refractivity contribution in [1.82, 2.24) is 25.1 Å². The molecule has 1 aromatic carbocycles. The Labute approximate surface area is 153 Å². The zero-order valence-electron chi connectivity index (χ0n) is 14.5. The number of nitrogens with two attached hydrogens (primary N) is 1. The Balaban J connectivity index is 1.50. The maximum absolute atomic E-state index is 13.9. The lowest BCUT2D eigenvalue weighted by Gasteiger charge is -2.15. The van der Waals surface area contributed by atoms with Crippen molar-refractivity contribution in [1.29, 1.82) is 0 Å². The molecule has 3 aromatic rings. The third-order valence-electron chi connectivity index (χ3n) is 4.28. The topological polar surface area (TPSA) is 117 Å². The summed E-state index contributed by atoms with van der Waals surface area (Å²) in [5, 5.41) is 13.1. The molecule has 5 N–H and O–H groups in total. The van der Waals surface area contributed by atoms with Crippen molar-refractivity contribution in [2.24, 2.45) is 0 Å². The summed E-state index contributed by atoms with van der Waals surface area (Å²) >= 11 is 0. The van der Waals surface area contributed by atoms with Crippen LogP contribution in [0.2, 0.25) is 0 Å². The molecule has 1 saturated carbocycles. The van der Waals surface area contributed by atoms with Gasteiger partial charge >= 0.3 is 0 Å². The molecule has 140 valence electrons. The monoisotopic (exact) mass is 372 g/mol. The molecule has 1 fully saturated rings. The molecule has 1 aliphatic rings. The average Bonchev–Trinajstić information content (AvgIpc) is 3.34. The van der Waals surface area contributed by atoms with Gasteiger partial charge in [-0.25, -0.2) is 8.78 Å². The number of benzene rings is 1. The van der Waals surface area contributed by atoms with Gasteiger partial charge in [-0.2, -0.15) is 20.1 Å². The number of aromatic nitrogens is 5. The van der Waals surface area contributed by atoms with Crippen molar-refractivity contribution in [3.63, 3.8) is 0 Å². The summed E-state index contributed by atoms with van der Waals surface area (Å²) in [6.07, 6.45) is 2.32. The van der Waals surface area contributed by atoms with Crippen LogP contribution in [-0.2, 0) is 0 Å². The van der Waals surface area contributed by atoms with E-state index in [-0.39, 0.29) is 23.4 Å².